The number of ether oxygens (including phenoxy) is 1. The van der Waals surface area contributed by atoms with Gasteiger partial charge in [0.15, 0.2) is 0 Å². The van der Waals surface area contributed by atoms with E-state index in [9.17, 15) is 4.79 Å². The summed E-state index contributed by atoms with van der Waals surface area (Å²) in [7, 11) is 1.91. The molecule has 0 radical (unpaired) electrons. The van der Waals surface area contributed by atoms with Crippen molar-refractivity contribution in [3.05, 3.63) is 106 Å². The maximum atomic E-state index is 13.0. The van der Waals surface area contributed by atoms with Gasteiger partial charge < -0.3 is 26.9 Å². The lowest BCUT2D eigenvalue weighted by atomic mass is 9.83. The first kappa shape index (κ1) is 26.7. The van der Waals surface area contributed by atoms with Crippen molar-refractivity contribution in [3.63, 3.8) is 0 Å². The molecule has 0 bridgehead atoms. The van der Waals surface area contributed by atoms with Gasteiger partial charge in [-0.15, -0.1) is 0 Å². The van der Waals surface area contributed by atoms with Gasteiger partial charge in [-0.1, -0.05) is 66.2 Å². The number of quaternary nitrogens is 1. The molecule has 2 aliphatic rings. The number of benzene rings is 3. The second kappa shape index (κ2) is 11.8. The molecule has 2 heterocycles. The van der Waals surface area contributed by atoms with E-state index in [1.54, 1.807) is 4.90 Å². The fraction of sp³-hybridized carbons (Fsp3) is 0.367. The number of carbonyl (C=O) groups is 1. The normalized spacial score (nSPS) is 21.4. The lowest BCUT2D eigenvalue weighted by Gasteiger charge is -2.37. The lowest BCUT2D eigenvalue weighted by molar-refractivity contribution is -0.908. The molecule has 1 unspecified atom stereocenters. The summed E-state index contributed by atoms with van der Waals surface area (Å²) in [4.78, 5) is 16.5. The van der Waals surface area contributed by atoms with E-state index in [2.05, 4.69) is 36.4 Å². The van der Waals surface area contributed by atoms with Crippen molar-refractivity contribution in [1.29, 1.82) is 0 Å². The number of likely N-dealkylation sites (N-methyl/N-ethyl adjacent to an activating group) is 1. The Morgan fingerprint density at radius 3 is 2.39 bits per heavy atom. The Balaban J connectivity index is 0.00000304. The number of nitrogens with one attached hydrogen (secondary N) is 1. The fourth-order valence-corrected chi connectivity index (χ4v) is 5.87. The number of piperidine rings is 1. The molecular weight excluding hydrogens is 491 g/mol. The monoisotopic (exact) mass is 524 g/mol. The number of nitrogens with zero attached hydrogens (tertiary/aromatic N) is 1. The molecule has 190 valence electrons. The van der Waals surface area contributed by atoms with E-state index in [0.717, 1.165) is 56.1 Å². The zero-order valence-corrected chi connectivity index (χ0v) is 22.3. The molecule has 0 saturated carbocycles. The number of carbonyl (C=O) groups excluding carboxylic acids is 1. The summed E-state index contributed by atoms with van der Waals surface area (Å²) in [5, 5.41) is 0.741. The Morgan fingerprint density at radius 2 is 1.67 bits per heavy atom. The molecule has 1 atom stereocenters. The van der Waals surface area contributed by atoms with Crippen molar-refractivity contribution < 1.29 is 26.8 Å². The van der Waals surface area contributed by atoms with Crippen LogP contribution in [0.5, 0.6) is 0 Å². The highest BCUT2D eigenvalue weighted by Crippen LogP contribution is 2.42. The molecule has 3 aromatic carbocycles. The number of halogens is 2. The summed E-state index contributed by atoms with van der Waals surface area (Å²) in [5.41, 5.74) is 4.64. The molecule has 3 aromatic rings. The Kier molecular flexibility index (Phi) is 8.74. The molecule has 2 aliphatic heterocycles. The summed E-state index contributed by atoms with van der Waals surface area (Å²) in [6, 6.07) is 26.4. The van der Waals surface area contributed by atoms with E-state index in [1.165, 1.54) is 16.7 Å². The van der Waals surface area contributed by atoms with Crippen molar-refractivity contribution in [3.8, 4) is 0 Å². The van der Waals surface area contributed by atoms with Crippen LogP contribution in [0.2, 0.25) is 5.02 Å². The maximum absolute atomic E-state index is 13.0. The van der Waals surface area contributed by atoms with Crippen LogP contribution in [0.15, 0.2) is 78.9 Å². The third-order valence-corrected chi connectivity index (χ3v) is 8.08. The Hall–Kier alpha value is -2.37. The largest absolute Gasteiger partial charge is 1.00 e. The first-order valence-electron chi connectivity index (χ1n) is 12.7. The SMILES string of the molecule is CN(CC(CC[NH+]1CCC2(CC1)OCc1ccccc12)c1ccc(Cl)cc1)C(=O)c1ccccc1.[Cl-]. The van der Waals surface area contributed by atoms with Gasteiger partial charge in [0.05, 0.1) is 26.2 Å². The average Bonchev–Trinajstić information content (AvgIpc) is 3.26. The highest BCUT2D eigenvalue weighted by atomic mass is 35.5. The minimum atomic E-state index is -0.0853. The third kappa shape index (κ3) is 5.78. The quantitative estimate of drug-likeness (QED) is 0.510. The van der Waals surface area contributed by atoms with Crippen molar-refractivity contribution in [2.75, 3.05) is 33.2 Å². The number of rotatable bonds is 7. The molecule has 1 fully saturated rings. The summed E-state index contributed by atoms with van der Waals surface area (Å²) in [5.74, 6) is 0.325. The minimum absolute atomic E-state index is 0. The smallest absolute Gasteiger partial charge is 0.253 e. The predicted molar refractivity (Wildman–Crippen MR) is 140 cm³/mol. The fourth-order valence-electron chi connectivity index (χ4n) is 5.75. The lowest BCUT2D eigenvalue weighted by Crippen LogP contribution is -3.13. The van der Waals surface area contributed by atoms with Gasteiger partial charge in [0.25, 0.3) is 5.91 Å². The van der Waals surface area contributed by atoms with E-state index >= 15 is 0 Å². The molecule has 4 nitrogen and oxygen atoms in total. The summed E-state index contributed by atoms with van der Waals surface area (Å²) < 4.78 is 6.36. The molecule has 1 N–H and O–H groups in total. The van der Waals surface area contributed by atoms with Gasteiger partial charge in [-0.25, -0.2) is 0 Å². The molecule has 1 saturated heterocycles. The topological polar surface area (TPSA) is 34.0 Å². The van der Waals surface area contributed by atoms with Crippen molar-refractivity contribution in [2.45, 2.75) is 37.4 Å². The molecule has 6 heteroatoms. The number of amides is 1. The van der Waals surface area contributed by atoms with Crippen LogP contribution >= 0.6 is 11.6 Å². The molecule has 1 spiro atoms. The zero-order chi connectivity index (χ0) is 24.3. The minimum Gasteiger partial charge on any atom is -1.00 e. The summed E-state index contributed by atoms with van der Waals surface area (Å²) in [6.45, 7) is 4.73. The van der Waals surface area contributed by atoms with Crippen LogP contribution < -0.4 is 17.3 Å². The first-order chi connectivity index (χ1) is 17.0. The third-order valence-electron chi connectivity index (χ3n) is 7.83. The van der Waals surface area contributed by atoms with E-state index in [4.69, 9.17) is 16.3 Å². The van der Waals surface area contributed by atoms with Crippen LogP contribution in [0, 0.1) is 0 Å². The van der Waals surface area contributed by atoms with Gasteiger partial charge >= 0.3 is 0 Å². The van der Waals surface area contributed by atoms with Crippen molar-refractivity contribution in [2.24, 2.45) is 0 Å². The average molecular weight is 526 g/mol. The highest BCUT2D eigenvalue weighted by Gasteiger charge is 2.44. The van der Waals surface area contributed by atoms with Gasteiger partial charge in [-0.3, -0.25) is 4.79 Å². The summed E-state index contributed by atoms with van der Waals surface area (Å²) in [6.07, 6.45) is 3.16. The standard InChI is InChI=1S/C30H33ClN2O2.ClH/c1-32(29(34)24-7-3-2-4-8-24)21-25(23-11-13-27(31)14-12-23)15-18-33-19-16-30(17-20-33)28-10-6-5-9-26(28)22-35-30;/h2-14,25H,15-22H2,1H3;1H. The Labute approximate surface area is 225 Å². The molecule has 0 aromatic heterocycles. The van der Waals surface area contributed by atoms with E-state index in [0.29, 0.717) is 6.54 Å². The van der Waals surface area contributed by atoms with Gasteiger partial charge in [-0.05, 0) is 41.0 Å². The second-order valence-electron chi connectivity index (χ2n) is 10.0. The van der Waals surface area contributed by atoms with E-state index in [1.807, 2.05) is 54.4 Å². The Morgan fingerprint density at radius 1 is 1.00 bits per heavy atom. The molecule has 36 heavy (non-hydrogen) atoms. The number of fused-ring (bicyclic) bond motifs is 2. The van der Waals surface area contributed by atoms with Gasteiger partial charge in [-0.2, -0.15) is 0 Å². The first-order valence-corrected chi connectivity index (χ1v) is 13.0. The Bertz CT molecular complexity index is 1150. The molecule has 1 amide bonds. The number of hydrogen-bond donors (Lipinski definition) is 1. The van der Waals surface area contributed by atoms with Crippen LogP contribution in [0.1, 0.15) is 52.2 Å². The zero-order valence-electron chi connectivity index (χ0n) is 20.8. The predicted octanol–water partition coefficient (Wildman–Crippen LogP) is 1.69. The van der Waals surface area contributed by atoms with Crippen LogP contribution in [0.3, 0.4) is 0 Å². The molecular formula is C30H34Cl2N2O2. The maximum Gasteiger partial charge on any atom is 0.253 e. The number of likely N-dealkylation sites (tertiary alicyclic amines) is 1. The highest BCUT2D eigenvalue weighted by molar-refractivity contribution is 6.30. The number of hydrogen-bond acceptors (Lipinski definition) is 2. The summed E-state index contributed by atoms with van der Waals surface area (Å²) >= 11 is 6.17. The van der Waals surface area contributed by atoms with Crippen molar-refractivity contribution >= 4 is 17.5 Å². The van der Waals surface area contributed by atoms with E-state index < -0.39 is 0 Å². The van der Waals surface area contributed by atoms with Crippen LogP contribution in [0.25, 0.3) is 0 Å². The van der Waals surface area contributed by atoms with Crippen molar-refractivity contribution in [1.82, 2.24) is 4.90 Å². The van der Waals surface area contributed by atoms with Gasteiger partial charge in [0, 0.05) is 49.4 Å². The van der Waals surface area contributed by atoms with Crippen LogP contribution in [-0.4, -0.2) is 44.0 Å². The van der Waals surface area contributed by atoms with Gasteiger partial charge in [0.1, 0.15) is 5.60 Å². The van der Waals surface area contributed by atoms with E-state index in [-0.39, 0.29) is 29.8 Å². The van der Waals surface area contributed by atoms with Crippen LogP contribution in [-0.2, 0) is 16.9 Å². The molecule has 0 aliphatic carbocycles. The van der Waals surface area contributed by atoms with Gasteiger partial charge in [0.2, 0.25) is 0 Å². The second-order valence-corrected chi connectivity index (χ2v) is 10.5. The van der Waals surface area contributed by atoms with Crippen LogP contribution in [0.4, 0.5) is 0 Å². The molecule has 5 rings (SSSR count).